The second kappa shape index (κ2) is 16.5. The Morgan fingerprint density at radius 2 is 1.72 bits per heavy atom. The molecule has 46 heavy (non-hydrogen) atoms. The SMILES string of the molecule is COc1cccc(CC(=O)N2CCCNC(=O)Cn3nc(C)nc3[C@H](C(C)C)NC(=O)[C@@H](Cc3ccccc3)NC(=O)CCC2)c1. The molecule has 0 saturated carbocycles. The zero-order valence-electron chi connectivity index (χ0n) is 27.1. The smallest absolute Gasteiger partial charge is 0.243 e. The number of amides is 4. The van der Waals surface area contributed by atoms with Crippen LogP contribution in [-0.2, 0) is 38.6 Å². The summed E-state index contributed by atoms with van der Waals surface area (Å²) in [6, 6.07) is 15.5. The van der Waals surface area contributed by atoms with E-state index in [-0.39, 0.29) is 48.9 Å². The number of hydrogen-bond acceptors (Lipinski definition) is 7. The number of hydrogen-bond donors (Lipinski definition) is 3. The van der Waals surface area contributed by atoms with Gasteiger partial charge in [-0.1, -0.05) is 56.3 Å². The number of nitrogens with one attached hydrogen (secondary N) is 3. The van der Waals surface area contributed by atoms with Gasteiger partial charge in [-0.3, -0.25) is 19.2 Å². The molecule has 0 aliphatic carbocycles. The van der Waals surface area contributed by atoms with Gasteiger partial charge in [0.1, 0.15) is 24.2 Å². The van der Waals surface area contributed by atoms with Gasteiger partial charge in [0, 0.05) is 32.5 Å². The number of aryl methyl sites for hydroxylation is 1. The van der Waals surface area contributed by atoms with Crippen LogP contribution in [0.1, 0.15) is 61.9 Å². The van der Waals surface area contributed by atoms with E-state index in [4.69, 9.17) is 4.74 Å². The lowest BCUT2D eigenvalue weighted by Crippen LogP contribution is -2.50. The van der Waals surface area contributed by atoms with Crippen LogP contribution in [-0.4, -0.2) is 76.1 Å². The molecule has 246 valence electrons. The van der Waals surface area contributed by atoms with Crippen LogP contribution >= 0.6 is 0 Å². The van der Waals surface area contributed by atoms with Gasteiger partial charge in [-0.25, -0.2) is 9.67 Å². The first-order chi connectivity index (χ1) is 22.1. The molecular weight excluding hydrogens is 586 g/mol. The number of rotatable bonds is 6. The average molecular weight is 632 g/mol. The van der Waals surface area contributed by atoms with E-state index in [0.29, 0.717) is 56.3 Å². The third-order valence-corrected chi connectivity index (χ3v) is 7.88. The van der Waals surface area contributed by atoms with Gasteiger partial charge in [0.15, 0.2) is 5.82 Å². The second-order valence-corrected chi connectivity index (χ2v) is 11.9. The van der Waals surface area contributed by atoms with Crippen LogP contribution in [0.3, 0.4) is 0 Å². The van der Waals surface area contributed by atoms with Crippen LogP contribution in [0.4, 0.5) is 0 Å². The van der Waals surface area contributed by atoms with E-state index < -0.39 is 12.1 Å². The topological polar surface area (TPSA) is 148 Å². The first-order valence-corrected chi connectivity index (χ1v) is 15.8. The molecule has 12 nitrogen and oxygen atoms in total. The summed E-state index contributed by atoms with van der Waals surface area (Å²) in [5.74, 6) is 0.581. The summed E-state index contributed by atoms with van der Waals surface area (Å²) in [6.07, 6.45) is 1.57. The standard InChI is InChI=1S/C34H45N7O5/c1-23(2)32-33-36-24(3)39-41(33)22-30(43)35-16-10-18-40(31(44)21-26-13-8-14-27(19-26)46-4)17-9-15-29(42)37-28(34(45)38-32)20-25-11-6-5-7-12-25/h5-8,11-14,19,23,28,32H,9-10,15-18,20-22H2,1-4H3,(H,35,43)(H,37,42)(H,38,45)/t28-,32+/m1/s1. The number of benzene rings is 2. The number of aromatic nitrogens is 3. The lowest BCUT2D eigenvalue weighted by molar-refractivity contribution is -0.131. The molecule has 0 fully saturated rings. The van der Waals surface area contributed by atoms with Gasteiger partial charge in [0.2, 0.25) is 23.6 Å². The maximum absolute atomic E-state index is 13.8. The highest BCUT2D eigenvalue weighted by molar-refractivity contribution is 5.88. The lowest BCUT2D eigenvalue weighted by Gasteiger charge is -2.26. The van der Waals surface area contributed by atoms with Crippen molar-refractivity contribution in [3.05, 3.63) is 77.4 Å². The van der Waals surface area contributed by atoms with Gasteiger partial charge in [0.25, 0.3) is 0 Å². The van der Waals surface area contributed by atoms with E-state index in [9.17, 15) is 19.2 Å². The molecule has 1 aliphatic heterocycles. The summed E-state index contributed by atoms with van der Waals surface area (Å²) in [6.45, 7) is 6.70. The molecule has 2 heterocycles. The molecule has 2 atom stereocenters. The van der Waals surface area contributed by atoms with Crippen molar-refractivity contribution in [1.82, 2.24) is 35.6 Å². The summed E-state index contributed by atoms with van der Waals surface area (Å²) in [4.78, 5) is 59.7. The molecule has 1 aromatic heterocycles. The normalized spacial score (nSPS) is 18.9. The molecule has 4 amide bonds. The van der Waals surface area contributed by atoms with E-state index in [1.807, 2.05) is 68.4 Å². The maximum atomic E-state index is 13.8. The van der Waals surface area contributed by atoms with Crippen LogP contribution < -0.4 is 20.7 Å². The molecule has 12 heteroatoms. The number of nitrogens with zero attached hydrogens (tertiary/aromatic N) is 4. The third kappa shape index (κ3) is 9.88. The van der Waals surface area contributed by atoms with Gasteiger partial charge >= 0.3 is 0 Å². The third-order valence-electron chi connectivity index (χ3n) is 7.88. The summed E-state index contributed by atoms with van der Waals surface area (Å²) in [5.41, 5.74) is 1.72. The highest BCUT2D eigenvalue weighted by Gasteiger charge is 2.30. The quantitative estimate of drug-likeness (QED) is 0.379. The van der Waals surface area contributed by atoms with Gasteiger partial charge < -0.3 is 25.6 Å². The van der Waals surface area contributed by atoms with Crippen LogP contribution in [0, 0.1) is 12.8 Å². The largest absolute Gasteiger partial charge is 0.497 e. The molecule has 1 aliphatic rings. The molecular formula is C34H45N7O5. The summed E-state index contributed by atoms with van der Waals surface area (Å²) >= 11 is 0. The number of fused-ring (bicyclic) bond motifs is 1. The Bertz CT molecular complexity index is 1490. The van der Waals surface area contributed by atoms with E-state index in [1.54, 1.807) is 18.9 Å². The van der Waals surface area contributed by atoms with Crippen molar-refractivity contribution in [3.63, 3.8) is 0 Å². The molecule has 3 aromatic rings. The van der Waals surface area contributed by atoms with Crippen molar-refractivity contribution in [2.75, 3.05) is 26.7 Å². The van der Waals surface area contributed by atoms with Crippen molar-refractivity contribution >= 4 is 23.6 Å². The van der Waals surface area contributed by atoms with E-state index in [0.717, 1.165) is 11.1 Å². The Labute approximate surface area is 270 Å². The number of ether oxygens (including phenoxy) is 1. The Balaban J connectivity index is 1.57. The predicted molar refractivity (Wildman–Crippen MR) is 173 cm³/mol. The lowest BCUT2D eigenvalue weighted by atomic mass is 10.0. The van der Waals surface area contributed by atoms with Crippen molar-refractivity contribution in [2.24, 2.45) is 5.92 Å². The highest BCUT2D eigenvalue weighted by Crippen LogP contribution is 2.21. The summed E-state index contributed by atoms with van der Waals surface area (Å²) in [5, 5.41) is 13.4. The monoisotopic (exact) mass is 631 g/mol. The molecule has 0 radical (unpaired) electrons. The zero-order chi connectivity index (χ0) is 33.1. The highest BCUT2D eigenvalue weighted by atomic mass is 16.5. The zero-order valence-corrected chi connectivity index (χ0v) is 27.1. The molecule has 0 spiro atoms. The Kier molecular flexibility index (Phi) is 12.3. The van der Waals surface area contributed by atoms with E-state index in [1.165, 1.54) is 4.68 Å². The average Bonchev–Trinajstić information content (AvgIpc) is 3.39. The van der Waals surface area contributed by atoms with E-state index in [2.05, 4.69) is 26.0 Å². The van der Waals surface area contributed by atoms with Crippen molar-refractivity contribution in [2.45, 2.75) is 71.5 Å². The van der Waals surface area contributed by atoms with Crippen LogP contribution in [0.2, 0.25) is 0 Å². The van der Waals surface area contributed by atoms with Crippen molar-refractivity contribution < 1.29 is 23.9 Å². The van der Waals surface area contributed by atoms with Crippen LogP contribution in [0.25, 0.3) is 0 Å². The minimum Gasteiger partial charge on any atom is -0.497 e. The summed E-state index contributed by atoms with van der Waals surface area (Å²) < 4.78 is 6.82. The van der Waals surface area contributed by atoms with Gasteiger partial charge in [-0.05, 0) is 48.9 Å². The molecule has 4 rings (SSSR count). The molecule has 0 bridgehead atoms. The molecule has 2 aromatic carbocycles. The summed E-state index contributed by atoms with van der Waals surface area (Å²) in [7, 11) is 1.58. The van der Waals surface area contributed by atoms with Crippen LogP contribution in [0.15, 0.2) is 54.6 Å². The Hall–Kier alpha value is -4.74. The van der Waals surface area contributed by atoms with Crippen molar-refractivity contribution in [1.29, 1.82) is 0 Å². The van der Waals surface area contributed by atoms with Gasteiger partial charge in [-0.2, -0.15) is 5.10 Å². The number of carbonyl (C=O) groups is 4. The van der Waals surface area contributed by atoms with Crippen LogP contribution in [0.5, 0.6) is 5.75 Å². The predicted octanol–water partition coefficient (Wildman–Crippen LogP) is 2.51. The first-order valence-electron chi connectivity index (χ1n) is 15.8. The first kappa shape index (κ1) is 34.1. The Morgan fingerprint density at radius 3 is 2.46 bits per heavy atom. The second-order valence-electron chi connectivity index (χ2n) is 11.9. The molecule has 3 N–H and O–H groups in total. The van der Waals surface area contributed by atoms with Gasteiger partial charge in [0.05, 0.1) is 19.6 Å². The van der Waals surface area contributed by atoms with E-state index >= 15 is 0 Å². The number of methoxy groups -OCH3 is 1. The Morgan fingerprint density at radius 1 is 0.978 bits per heavy atom. The molecule has 0 saturated heterocycles. The van der Waals surface area contributed by atoms with Crippen molar-refractivity contribution in [3.8, 4) is 5.75 Å². The fraction of sp³-hybridized carbons (Fsp3) is 0.471. The number of carbonyl (C=O) groups excluding carboxylic acids is 4. The minimum absolute atomic E-state index is 0.0715. The fourth-order valence-corrected chi connectivity index (χ4v) is 5.48. The van der Waals surface area contributed by atoms with Gasteiger partial charge in [-0.15, -0.1) is 0 Å². The molecule has 0 unspecified atom stereocenters. The maximum Gasteiger partial charge on any atom is 0.243 e. The minimum atomic E-state index is -0.846. The fourth-order valence-electron chi connectivity index (χ4n) is 5.48.